The molecule has 1 heterocycles. The molecule has 1 spiro atoms. The molecular weight excluding hydrogens is 236 g/mol. The topological polar surface area (TPSA) is 24.5 Å². The smallest absolute Gasteiger partial charge is 0.0708 e. The summed E-state index contributed by atoms with van der Waals surface area (Å²) in [5, 5.41) is 3.60. The zero-order valence-corrected chi connectivity index (χ0v) is 12.5. The van der Waals surface area contributed by atoms with Gasteiger partial charge in [-0.3, -0.25) is 0 Å². The van der Waals surface area contributed by atoms with E-state index in [2.05, 4.69) is 17.3 Å². The van der Waals surface area contributed by atoms with Crippen molar-refractivity contribution < 1.29 is 4.74 Å². The third-order valence-electron chi connectivity index (χ3n) is 5.29. The summed E-state index contributed by atoms with van der Waals surface area (Å²) in [6.07, 6.45) is 12.7. The fraction of sp³-hybridized carbons (Fsp3) is 1.00. The first-order chi connectivity index (χ1) is 9.27. The van der Waals surface area contributed by atoms with E-state index in [0.29, 0.717) is 6.10 Å². The van der Waals surface area contributed by atoms with E-state index >= 15 is 0 Å². The minimum absolute atomic E-state index is 0.287. The summed E-state index contributed by atoms with van der Waals surface area (Å²) in [6.45, 7) is 3.35. The van der Waals surface area contributed by atoms with Crippen molar-refractivity contribution in [1.82, 2.24) is 10.2 Å². The number of nitrogens with zero attached hydrogens (tertiary/aromatic N) is 1. The zero-order valence-electron chi connectivity index (χ0n) is 12.5. The van der Waals surface area contributed by atoms with E-state index in [9.17, 15) is 0 Å². The molecule has 0 aromatic heterocycles. The van der Waals surface area contributed by atoms with Crippen molar-refractivity contribution in [3.63, 3.8) is 0 Å². The molecule has 0 bridgehead atoms. The maximum absolute atomic E-state index is 6.38. The number of likely N-dealkylation sites (N-methyl/N-ethyl adjacent to an activating group) is 1. The van der Waals surface area contributed by atoms with Gasteiger partial charge in [0.15, 0.2) is 0 Å². The summed E-state index contributed by atoms with van der Waals surface area (Å²) >= 11 is 0. The van der Waals surface area contributed by atoms with Crippen LogP contribution in [-0.2, 0) is 4.74 Å². The molecule has 3 nitrogen and oxygen atoms in total. The lowest BCUT2D eigenvalue weighted by molar-refractivity contribution is -0.0623. The Morgan fingerprint density at radius 1 is 1.11 bits per heavy atom. The average molecular weight is 266 g/mol. The predicted octanol–water partition coefficient (Wildman–Crippen LogP) is 2.55. The molecule has 0 amide bonds. The lowest BCUT2D eigenvalue weighted by atomic mass is 9.83. The Hall–Kier alpha value is -0.120. The molecule has 1 unspecified atom stereocenters. The van der Waals surface area contributed by atoms with Crippen LogP contribution in [0.4, 0.5) is 0 Å². The number of hydrogen-bond acceptors (Lipinski definition) is 3. The molecular formula is C16H30N2O. The Kier molecular flexibility index (Phi) is 4.45. The molecule has 2 aliphatic carbocycles. The SMILES string of the molecule is CN(CCNCC1CCC2(CCCCC2)O1)C1CC1. The lowest BCUT2D eigenvalue weighted by Gasteiger charge is -2.33. The standard InChI is InChI=1S/C16H30N2O/c1-18(14-5-6-14)12-11-17-13-15-7-10-16(19-15)8-3-2-4-9-16/h14-15,17H,2-13H2,1H3. The van der Waals surface area contributed by atoms with Crippen LogP contribution in [0.25, 0.3) is 0 Å². The van der Waals surface area contributed by atoms with Crippen LogP contribution in [0.15, 0.2) is 0 Å². The number of ether oxygens (including phenoxy) is 1. The molecule has 1 saturated heterocycles. The maximum Gasteiger partial charge on any atom is 0.0708 e. The molecule has 0 radical (unpaired) electrons. The summed E-state index contributed by atoms with van der Waals surface area (Å²) in [5.74, 6) is 0. The van der Waals surface area contributed by atoms with E-state index in [1.54, 1.807) is 0 Å². The van der Waals surface area contributed by atoms with E-state index in [4.69, 9.17) is 4.74 Å². The van der Waals surface area contributed by atoms with Gasteiger partial charge in [0, 0.05) is 25.7 Å². The Labute approximate surface area is 118 Å². The van der Waals surface area contributed by atoms with Crippen LogP contribution in [0.3, 0.4) is 0 Å². The highest BCUT2D eigenvalue weighted by atomic mass is 16.5. The van der Waals surface area contributed by atoms with E-state index < -0.39 is 0 Å². The van der Waals surface area contributed by atoms with Gasteiger partial charge in [0.05, 0.1) is 11.7 Å². The van der Waals surface area contributed by atoms with Crippen molar-refractivity contribution in [1.29, 1.82) is 0 Å². The number of hydrogen-bond donors (Lipinski definition) is 1. The second-order valence-corrected chi connectivity index (χ2v) is 6.94. The fourth-order valence-electron chi connectivity index (χ4n) is 3.82. The fourth-order valence-corrected chi connectivity index (χ4v) is 3.82. The van der Waals surface area contributed by atoms with Gasteiger partial charge in [-0.15, -0.1) is 0 Å². The molecule has 0 aromatic carbocycles. The summed E-state index contributed by atoms with van der Waals surface area (Å²) < 4.78 is 6.38. The first-order valence-corrected chi connectivity index (χ1v) is 8.36. The molecule has 1 atom stereocenters. The Bertz CT molecular complexity index is 284. The van der Waals surface area contributed by atoms with Crippen molar-refractivity contribution in [2.45, 2.75) is 75.5 Å². The van der Waals surface area contributed by atoms with Gasteiger partial charge in [0.25, 0.3) is 0 Å². The molecule has 3 rings (SSSR count). The third kappa shape index (κ3) is 3.71. The first kappa shape index (κ1) is 13.8. The number of nitrogens with one attached hydrogen (secondary N) is 1. The van der Waals surface area contributed by atoms with Crippen LogP contribution in [0.1, 0.15) is 57.8 Å². The monoisotopic (exact) mass is 266 g/mol. The van der Waals surface area contributed by atoms with Crippen LogP contribution in [-0.4, -0.2) is 49.3 Å². The van der Waals surface area contributed by atoms with Crippen molar-refractivity contribution in [3.05, 3.63) is 0 Å². The van der Waals surface area contributed by atoms with Gasteiger partial charge in [0.1, 0.15) is 0 Å². The first-order valence-electron chi connectivity index (χ1n) is 8.36. The molecule has 19 heavy (non-hydrogen) atoms. The molecule has 3 heteroatoms. The molecule has 0 aromatic rings. The summed E-state index contributed by atoms with van der Waals surface area (Å²) in [4.78, 5) is 2.49. The summed E-state index contributed by atoms with van der Waals surface area (Å²) in [6, 6.07) is 0.884. The van der Waals surface area contributed by atoms with E-state index in [0.717, 1.165) is 19.1 Å². The minimum atomic E-state index is 0.287. The van der Waals surface area contributed by atoms with Gasteiger partial charge in [-0.1, -0.05) is 19.3 Å². The normalized spacial score (nSPS) is 30.3. The maximum atomic E-state index is 6.38. The Morgan fingerprint density at radius 3 is 2.63 bits per heavy atom. The van der Waals surface area contributed by atoms with Gasteiger partial charge in [-0.05, 0) is 45.6 Å². The van der Waals surface area contributed by atoms with Crippen LogP contribution in [0.2, 0.25) is 0 Å². The van der Waals surface area contributed by atoms with Gasteiger partial charge < -0.3 is 15.0 Å². The lowest BCUT2D eigenvalue weighted by Crippen LogP contribution is -2.37. The van der Waals surface area contributed by atoms with Gasteiger partial charge in [0.2, 0.25) is 0 Å². The van der Waals surface area contributed by atoms with Crippen molar-refractivity contribution in [3.8, 4) is 0 Å². The zero-order chi connectivity index (χ0) is 13.1. The molecule has 1 N–H and O–H groups in total. The van der Waals surface area contributed by atoms with E-state index in [1.807, 2.05) is 0 Å². The van der Waals surface area contributed by atoms with Crippen LogP contribution >= 0.6 is 0 Å². The molecule has 2 saturated carbocycles. The molecule has 1 aliphatic heterocycles. The number of rotatable bonds is 6. The van der Waals surface area contributed by atoms with Gasteiger partial charge in [-0.2, -0.15) is 0 Å². The summed E-state index contributed by atoms with van der Waals surface area (Å²) in [7, 11) is 2.25. The van der Waals surface area contributed by atoms with Crippen molar-refractivity contribution in [2.24, 2.45) is 0 Å². The highest BCUT2D eigenvalue weighted by molar-refractivity contribution is 4.91. The highest BCUT2D eigenvalue weighted by Gasteiger charge is 2.40. The van der Waals surface area contributed by atoms with Crippen LogP contribution in [0.5, 0.6) is 0 Å². The van der Waals surface area contributed by atoms with Crippen LogP contribution in [0, 0.1) is 0 Å². The van der Waals surface area contributed by atoms with E-state index in [-0.39, 0.29) is 5.60 Å². The summed E-state index contributed by atoms with van der Waals surface area (Å²) in [5.41, 5.74) is 0.287. The largest absolute Gasteiger partial charge is 0.370 e. The predicted molar refractivity (Wildman–Crippen MR) is 78.4 cm³/mol. The van der Waals surface area contributed by atoms with Crippen molar-refractivity contribution in [2.75, 3.05) is 26.7 Å². The minimum Gasteiger partial charge on any atom is -0.370 e. The molecule has 110 valence electrons. The quantitative estimate of drug-likeness (QED) is 0.748. The Morgan fingerprint density at radius 2 is 1.89 bits per heavy atom. The second kappa shape index (κ2) is 6.11. The highest BCUT2D eigenvalue weighted by Crippen LogP contribution is 2.41. The average Bonchev–Trinajstić information content (AvgIpc) is 3.21. The molecule has 3 aliphatic rings. The van der Waals surface area contributed by atoms with Gasteiger partial charge >= 0.3 is 0 Å². The third-order valence-corrected chi connectivity index (χ3v) is 5.29. The van der Waals surface area contributed by atoms with Crippen LogP contribution < -0.4 is 5.32 Å². The van der Waals surface area contributed by atoms with Crippen molar-refractivity contribution >= 4 is 0 Å². The van der Waals surface area contributed by atoms with Gasteiger partial charge in [-0.25, -0.2) is 0 Å². The van der Waals surface area contributed by atoms with E-state index in [1.165, 1.54) is 64.3 Å². The Balaban J connectivity index is 1.30. The second-order valence-electron chi connectivity index (χ2n) is 6.94. The molecule has 3 fully saturated rings.